The molecule has 124 valence electrons. The fourth-order valence-corrected chi connectivity index (χ4v) is 1.70. The molecule has 2 aromatic rings. The van der Waals surface area contributed by atoms with Gasteiger partial charge in [-0.25, -0.2) is 9.59 Å². The van der Waals surface area contributed by atoms with Crippen molar-refractivity contribution in [2.75, 3.05) is 7.11 Å². The summed E-state index contributed by atoms with van der Waals surface area (Å²) in [5.41, 5.74) is 2.85. The summed E-state index contributed by atoms with van der Waals surface area (Å²) >= 11 is 0. The molecule has 0 saturated heterocycles. The summed E-state index contributed by atoms with van der Waals surface area (Å²) in [6, 6.07) is 14.2. The number of carboxylic acids is 1. The molecule has 4 nitrogen and oxygen atoms in total. The van der Waals surface area contributed by atoms with Crippen LogP contribution in [0.5, 0.6) is 0 Å². The Kier molecular flexibility index (Phi) is 9.76. The van der Waals surface area contributed by atoms with Gasteiger partial charge in [0.25, 0.3) is 0 Å². The van der Waals surface area contributed by atoms with Gasteiger partial charge in [0.1, 0.15) is 0 Å². The molecule has 0 aliphatic heterocycles. The third kappa shape index (κ3) is 7.27. The van der Waals surface area contributed by atoms with Crippen molar-refractivity contribution >= 4 is 11.9 Å². The summed E-state index contributed by atoms with van der Waals surface area (Å²) in [6.07, 6.45) is 0. The number of methoxy groups -OCH3 is 1. The summed E-state index contributed by atoms with van der Waals surface area (Å²) in [5.74, 6) is -1.15. The van der Waals surface area contributed by atoms with E-state index in [9.17, 15) is 9.59 Å². The Morgan fingerprint density at radius 3 is 2.00 bits per heavy atom. The van der Waals surface area contributed by atoms with Gasteiger partial charge >= 0.3 is 11.9 Å². The van der Waals surface area contributed by atoms with Crippen molar-refractivity contribution in [1.29, 1.82) is 0 Å². The van der Waals surface area contributed by atoms with Gasteiger partial charge in [0.15, 0.2) is 0 Å². The van der Waals surface area contributed by atoms with Crippen LogP contribution in [-0.2, 0) is 4.74 Å². The summed E-state index contributed by atoms with van der Waals surface area (Å²) in [7, 11) is 1.38. The molecule has 0 saturated carbocycles. The van der Waals surface area contributed by atoms with Gasteiger partial charge in [0, 0.05) is 0 Å². The van der Waals surface area contributed by atoms with Crippen molar-refractivity contribution in [3.63, 3.8) is 0 Å². The van der Waals surface area contributed by atoms with E-state index in [2.05, 4.69) is 4.74 Å². The van der Waals surface area contributed by atoms with Crippen LogP contribution in [-0.4, -0.2) is 24.2 Å². The van der Waals surface area contributed by atoms with E-state index in [1.807, 2.05) is 39.0 Å². The number of hydrogen-bond acceptors (Lipinski definition) is 3. The number of carbonyl (C=O) groups excluding carboxylic acids is 1. The van der Waals surface area contributed by atoms with E-state index in [4.69, 9.17) is 5.11 Å². The standard InChI is InChI=1S/C9H10O2.C8H8O2.C2H6/c1-7-4-3-5-8(6-7)9(10)11-2;1-6-4-2-3-5-7(6)8(9)10;1-2/h3-6H,1-2H3;2-5H,1H3,(H,9,10);1-2H3. The number of hydrogen-bond donors (Lipinski definition) is 1. The third-order valence-electron chi connectivity index (χ3n) is 2.81. The highest BCUT2D eigenvalue weighted by molar-refractivity contribution is 5.89. The maximum atomic E-state index is 10.9. The van der Waals surface area contributed by atoms with Crippen molar-refractivity contribution in [2.45, 2.75) is 27.7 Å². The van der Waals surface area contributed by atoms with Crippen LogP contribution in [0.4, 0.5) is 0 Å². The predicted molar refractivity (Wildman–Crippen MR) is 92.0 cm³/mol. The lowest BCUT2D eigenvalue weighted by atomic mass is 10.1. The highest BCUT2D eigenvalue weighted by atomic mass is 16.5. The second kappa shape index (κ2) is 11.0. The summed E-state index contributed by atoms with van der Waals surface area (Å²) < 4.78 is 4.55. The van der Waals surface area contributed by atoms with E-state index in [0.717, 1.165) is 11.1 Å². The Hall–Kier alpha value is -2.62. The van der Waals surface area contributed by atoms with Gasteiger partial charge in [-0.1, -0.05) is 49.7 Å². The molecule has 0 fully saturated rings. The quantitative estimate of drug-likeness (QED) is 0.828. The van der Waals surface area contributed by atoms with Gasteiger partial charge in [-0.3, -0.25) is 0 Å². The number of rotatable bonds is 2. The molecule has 0 radical (unpaired) electrons. The number of carbonyl (C=O) groups is 2. The van der Waals surface area contributed by atoms with Gasteiger partial charge < -0.3 is 9.84 Å². The van der Waals surface area contributed by atoms with Crippen LogP contribution in [0.3, 0.4) is 0 Å². The van der Waals surface area contributed by atoms with Crippen molar-refractivity contribution in [3.8, 4) is 0 Å². The number of benzene rings is 2. The molecule has 0 heterocycles. The number of aromatic carboxylic acids is 1. The van der Waals surface area contributed by atoms with Crippen LogP contribution < -0.4 is 0 Å². The van der Waals surface area contributed by atoms with Gasteiger partial charge in [-0.05, 0) is 37.6 Å². The zero-order valence-corrected chi connectivity index (χ0v) is 14.3. The van der Waals surface area contributed by atoms with Crippen LogP contribution in [0.1, 0.15) is 45.7 Å². The maximum Gasteiger partial charge on any atom is 0.337 e. The molecule has 2 rings (SSSR count). The molecule has 0 unspecified atom stereocenters. The SMILES string of the molecule is CC.COC(=O)c1cccc(C)c1.Cc1ccccc1C(=O)O. The zero-order chi connectivity index (χ0) is 17.8. The summed E-state index contributed by atoms with van der Waals surface area (Å²) in [5, 5.41) is 8.57. The number of aryl methyl sites for hydroxylation is 2. The first kappa shape index (κ1) is 20.4. The second-order valence-electron chi connectivity index (χ2n) is 4.48. The van der Waals surface area contributed by atoms with Crippen molar-refractivity contribution < 1.29 is 19.4 Å². The molecule has 0 aliphatic carbocycles. The first-order valence-corrected chi connectivity index (χ1v) is 7.39. The normalized spacial score (nSPS) is 8.74. The lowest BCUT2D eigenvalue weighted by Gasteiger charge is -1.98. The Morgan fingerprint density at radius 2 is 1.57 bits per heavy atom. The van der Waals surface area contributed by atoms with E-state index >= 15 is 0 Å². The molecule has 0 amide bonds. The molecule has 0 aromatic heterocycles. The van der Waals surface area contributed by atoms with Gasteiger partial charge in [-0.2, -0.15) is 0 Å². The minimum absolute atomic E-state index is 0.284. The third-order valence-corrected chi connectivity index (χ3v) is 2.81. The van der Waals surface area contributed by atoms with Crippen LogP contribution in [0.15, 0.2) is 48.5 Å². The van der Waals surface area contributed by atoms with Crippen molar-refractivity contribution in [3.05, 3.63) is 70.8 Å². The smallest absolute Gasteiger partial charge is 0.337 e. The van der Waals surface area contributed by atoms with Gasteiger partial charge in [0.2, 0.25) is 0 Å². The molecule has 2 aromatic carbocycles. The number of esters is 1. The lowest BCUT2D eigenvalue weighted by molar-refractivity contribution is 0.0599. The van der Waals surface area contributed by atoms with Crippen LogP contribution in [0, 0.1) is 13.8 Å². The van der Waals surface area contributed by atoms with Gasteiger partial charge in [-0.15, -0.1) is 0 Å². The Bertz CT molecular complexity index is 633. The number of ether oxygens (including phenoxy) is 1. The average Bonchev–Trinajstić information content (AvgIpc) is 2.56. The molecule has 23 heavy (non-hydrogen) atoms. The highest BCUT2D eigenvalue weighted by Crippen LogP contribution is 2.05. The van der Waals surface area contributed by atoms with Crippen LogP contribution in [0.25, 0.3) is 0 Å². The summed E-state index contributed by atoms with van der Waals surface area (Å²) in [6.45, 7) is 7.72. The molecular weight excluding hydrogens is 292 g/mol. The minimum atomic E-state index is -0.863. The molecule has 1 N–H and O–H groups in total. The van der Waals surface area contributed by atoms with E-state index in [0.29, 0.717) is 11.1 Å². The predicted octanol–water partition coefficient (Wildman–Crippen LogP) is 4.50. The molecule has 0 bridgehead atoms. The van der Waals surface area contributed by atoms with E-state index in [-0.39, 0.29) is 5.97 Å². The van der Waals surface area contributed by atoms with Crippen LogP contribution in [0.2, 0.25) is 0 Å². The highest BCUT2D eigenvalue weighted by Gasteiger charge is 2.03. The topological polar surface area (TPSA) is 63.6 Å². The van der Waals surface area contributed by atoms with Crippen molar-refractivity contribution in [2.24, 2.45) is 0 Å². The van der Waals surface area contributed by atoms with E-state index in [1.54, 1.807) is 37.3 Å². The van der Waals surface area contributed by atoms with Crippen LogP contribution >= 0.6 is 0 Å². The summed E-state index contributed by atoms with van der Waals surface area (Å²) in [4.78, 5) is 21.4. The Balaban J connectivity index is 0.000000381. The molecule has 0 aliphatic rings. The first-order chi connectivity index (χ1) is 11.0. The molecular formula is C19H24O4. The maximum absolute atomic E-state index is 10.9. The average molecular weight is 316 g/mol. The molecule has 0 atom stereocenters. The van der Waals surface area contributed by atoms with E-state index in [1.165, 1.54) is 7.11 Å². The number of carboxylic acid groups (broad SMARTS) is 1. The second-order valence-corrected chi connectivity index (χ2v) is 4.48. The first-order valence-electron chi connectivity index (χ1n) is 7.39. The fraction of sp³-hybridized carbons (Fsp3) is 0.263. The lowest BCUT2D eigenvalue weighted by Crippen LogP contribution is -2.00. The Morgan fingerprint density at radius 1 is 0.957 bits per heavy atom. The monoisotopic (exact) mass is 316 g/mol. The van der Waals surface area contributed by atoms with E-state index < -0.39 is 5.97 Å². The van der Waals surface area contributed by atoms with Crippen molar-refractivity contribution in [1.82, 2.24) is 0 Å². The molecule has 4 heteroatoms. The largest absolute Gasteiger partial charge is 0.478 e. The minimum Gasteiger partial charge on any atom is -0.478 e. The Labute approximate surface area is 137 Å². The fourth-order valence-electron chi connectivity index (χ4n) is 1.70. The molecule has 0 spiro atoms. The zero-order valence-electron chi connectivity index (χ0n) is 14.3. The van der Waals surface area contributed by atoms with Gasteiger partial charge in [0.05, 0.1) is 18.2 Å².